The molecule has 0 aromatic heterocycles. The minimum Gasteiger partial charge on any atom is -0.463 e. The Morgan fingerprint density at radius 3 is 2.23 bits per heavy atom. The van der Waals surface area contributed by atoms with Crippen molar-refractivity contribution >= 4 is 46.8 Å². The number of benzene rings is 2. The van der Waals surface area contributed by atoms with Crippen LogP contribution in [0, 0.1) is 0 Å². The molecule has 2 aromatic rings. The number of hydrogen-bond donors (Lipinski definition) is 2. The van der Waals surface area contributed by atoms with Crippen LogP contribution < -0.4 is 10.6 Å². The summed E-state index contributed by atoms with van der Waals surface area (Å²) in [6.07, 6.45) is 2.98. The zero-order chi connectivity index (χ0) is 21.9. The summed E-state index contributed by atoms with van der Waals surface area (Å²) in [5, 5.41) is 6.04. The largest absolute Gasteiger partial charge is 0.463 e. The minimum atomic E-state index is -0.405. The van der Waals surface area contributed by atoms with Crippen LogP contribution in [0.4, 0.5) is 11.4 Å². The van der Waals surface area contributed by atoms with Gasteiger partial charge in [0.05, 0.1) is 19.7 Å². The van der Waals surface area contributed by atoms with Crippen molar-refractivity contribution in [2.45, 2.75) is 6.92 Å². The number of carbonyl (C=O) groups is 3. The molecule has 0 radical (unpaired) electrons. The summed E-state index contributed by atoms with van der Waals surface area (Å²) in [5.41, 5.74) is 2.02. The van der Waals surface area contributed by atoms with Gasteiger partial charge in [-0.2, -0.15) is 0 Å². The van der Waals surface area contributed by atoms with E-state index in [-0.39, 0.29) is 24.9 Å². The van der Waals surface area contributed by atoms with Crippen LogP contribution in [0.15, 0.2) is 54.6 Å². The molecule has 0 spiro atoms. The molecule has 0 aliphatic heterocycles. The summed E-state index contributed by atoms with van der Waals surface area (Å²) in [4.78, 5) is 37.2. The Labute approximate surface area is 180 Å². The molecule has 0 aliphatic carbocycles. The van der Waals surface area contributed by atoms with Crippen LogP contribution >= 0.6 is 11.6 Å². The summed E-state index contributed by atoms with van der Waals surface area (Å²) >= 11 is 5.89. The second-order valence-corrected chi connectivity index (χ2v) is 6.92. The zero-order valence-electron chi connectivity index (χ0n) is 16.9. The van der Waals surface area contributed by atoms with Crippen molar-refractivity contribution < 1.29 is 19.1 Å². The monoisotopic (exact) mass is 429 g/mol. The summed E-state index contributed by atoms with van der Waals surface area (Å²) in [5.74, 6) is -0.898. The van der Waals surface area contributed by atoms with Gasteiger partial charge in [-0.3, -0.25) is 14.5 Å². The van der Waals surface area contributed by atoms with E-state index in [1.807, 2.05) is 0 Å². The molecule has 0 fully saturated rings. The average Bonchev–Trinajstić information content (AvgIpc) is 2.67. The lowest BCUT2D eigenvalue weighted by Gasteiger charge is -2.16. The SMILES string of the molecule is CCOC(=O)/C=C/c1ccc(NC(=O)CN(C)CC(=O)Nc2cccc(Cl)c2)cc1. The standard InChI is InChI=1S/C22H24ClN3O4/c1-3-30-22(29)12-9-16-7-10-18(11-8-16)24-20(27)14-26(2)15-21(28)25-19-6-4-5-17(23)13-19/h4-13H,3,14-15H2,1-2H3,(H,24,27)(H,25,28)/b12-9+. The first kappa shape index (κ1) is 23.1. The van der Waals surface area contributed by atoms with Gasteiger partial charge in [-0.05, 0) is 55.9 Å². The number of anilines is 2. The van der Waals surface area contributed by atoms with Gasteiger partial charge in [0.15, 0.2) is 0 Å². The molecular formula is C22H24ClN3O4. The van der Waals surface area contributed by atoms with E-state index in [0.29, 0.717) is 23.0 Å². The van der Waals surface area contributed by atoms with Crippen LogP contribution in [-0.4, -0.2) is 49.4 Å². The van der Waals surface area contributed by atoms with Crippen LogP contribution in [0.1, 0.15) is 12.5 Å². The van der Waals surface area contributed by atoms with E-state index >= 15 is 0 Å². The first-order chi connectivity index (χ1) is 14.4. The Kier molecular flexibility index (Phi) is 9.05. The lowest BCUT2D eigenvalue weighted by Crippen LogP contribution is -2.36. The molecule has 2 N–H and O–H groups in total. The Balaban J connectivity index is 1.79. The van der Waals surface area contributed by atoms with Gasteiger partial charge in [0.25, 0.3) is 0 Å². The van der Waals surface area contributed by atoms with E-state index in [0.717, 1.165) is 5.56 Å². The number of likely N-dealkylation sites (N-methyl/N-ethyl adjacent to an activating group) is 1. The summed E-state index contributed by atoms with van der Waals surface area (Å²) in [6.45, 7) is 2.17. The van der Waals surface area contributed by atoms with E-state index in [1.165, 1.54) is 6.08 Å². The zero-order valence-corrected chi connectivity index (χ0v) is 17.6. The van der Waals surface area contributed by atoms with Crippen LogP contribution in [0.25, 0.3) is 6.08 Å². The average molecular weight is 430 g/mol. The number of rotatable bonds is 9. The fourth-order valence-electron chi connectivity index (χ4n) is 2.55. The third-order valence-corrected chi connectivity index (χ3v) is 4.06. The summed E-state index contributed by atoms with van der Waals surface area (Å²) < 4.78 is 4.82. The third-order valence-electron chi connectivity index (χ3n) is 3.83. The molecule has 0 saturated carbocycles. The molecule has 30 heavy (non-hydrogen) atoms. The Morgan fingerprint density at radius 2 is 1.63 bits per heavy atom. The molecule has 0 saturated heterocycles. The first-order valence-corrected chi connectivity index (χ1v) is 9.72. The molecule has 0 unspecified atom stereocenters. The predicted molar refractivity (Wildman–Crippen MR) is 118 cm³/mol. The molecule has 2 aromatic carbocycles. The number of nitrogens with one attached hydrogen (secondary N) is 2. The van der Waals surface area contributed by atoms with Crippen LogP contribution in [0.3, 0.4) is 0 Å². The van der Waals surface area contributed by atoms with Gasteiger partial charge in [0.1, 0.15) is 0 Å². The smallest absolute Gasteiger partial charge is 0.330 e. The highest BCUT2D eigenvalue weighted by molar-refractivity contribution is 6.30. The lowest BCUT2D eigenvalue weighted by atomic mass is 10.2. The van der Waals surface area contributed by atoms with Gasteiger partial charge in [-0.25, -0.2) is 4.79 Å². The number of esters is 1. The van der Waals surface area contributed by atoms with Crippen LogP contribution in [0.2, 0.25) is 5.02 Å². The van der Waals surface area contributed by atoms with Crippen LogP contribution in [0.5, 0.6) is 0 Å². The molecule has 2 amide bonds. The van der Waals surface area contributed by atoms with E-state index in [2.05, 4.69) is 10.6 Å². The lowest BCUT2D eigenvalue weighted by molar-refractivity contribution is -0.137. The van der Waals surface area contributed by atoms with E-state index in [9.17, 15) is 14.4 Å². The Morgan fingerprint density at radius 1 is 1.00 bits per heavy atom. The Bertz CT molecular complexity index is 913. The van der Waals surface area contributed by atoms with Crippen molar-refractivity contribution in [2.75, 3.05) is 37.4 Å². The van der Waals surface area contributed by atoms with Crippen molar-refractivity contribution in [1.82, 2.24) is 4.90 Å². The highest BCUT2D eigenvalue weighted by Crippen LogP contribution is 2.15. The number of amides is 2. The highest BCUT2D eigenvalue weighted by atomic mass is 35.5. The van der Waals surface area contributed by atoms with E-state index < -0.39 is 5.97 Å². The third kappa shape index (κ3) is 8.46. The molecular weight excluding hydrogens is 406 g/mol. The fourth-order valence-corrected chi connectivity index (χ4v) is 2.74. The number of hydrogen-bond acceptors (Lipinski definition) is 5. The van der Waals surface area contributed by atoms with Crippen LogP contribution in [-0.2, 0) is 19.1 Å². The quantitative estimate of drug-likeness (QED) is 0.471. The normalized spacial score (nSPS) is 10.8. The number of halogens is 1. The van der Waals surface area contributed by atoms with E-state index in [1.54, 1.807) is 73.5 Å². The molecule has 2 rings (SSSR count). The molecule has 0 heterocycles. The van der Waals surface area contributed by atoms with E-state index in [4.69, 9.17) is 16.3 Å². The molecule has 158 valence electrons. The maximum Gasteiger partial charge on any atom is 0.330 e. The van der Waals surface area contributed by atoms with Gasteiger partial charge < -0.3 is 15.4 Å². The van der Waals surface area contributed by atoms with Crippen molar-refractivity contribution in [3.63, 3.8) is 0 Å². The minimum absolute atomic E-state index is 0.0491. The predicted octanol–water partition coefficient (Wildman–Crippen LogP) is 3.43. The topological polar surface area (TPSA) is 87.7 Å². The van der Waals surface area contributed by atoms with Gasteiger partial charge in [0, 0.05) is 22.5 Å². The second kappa shape index (κ2) is 11.7. The van der Waals surface area contributed by atoms with Gasteiger partial charge in [-0.1, -0.05) is 29.8 Å². The van der Waals surface area contributed by atoms with Crippen molar-refractivity contribution in [3.8, 4) is 0 Å². The number of ether oxygens (including phenoxy) is 1. The molecule has 0 bridgehead atoms. The maximum atomic E-state index is 12.2. The molecule has 7 nitrogen and oxygen atoms in total. The fraction of sp³-hybridized carbons (Fsp3) is 0.227. The molecule has 0 aliphatic rings. The first-order valence-electron chi connectivity index (χ1n) is 9.34. The molecule has 8 heteroatoms. The summed E-state index contributed by atoms with van der Waals surface area (Å²) in [6, 6.07) is 13.9. The number of carbonyl (C=O) groups excluding carboxylic acids is 3. The maximum absolute atomic E-state index is 12.2. The van der Waals surface area contributed by atoms with Crippen molar-refractivity contribution in [3.05, 3.63) is 65.2 Å². The Hall–Kier alpha value is -3.16. The highest BCUT2D eigenvalue weighted by Gasteiger charge is 2.11. The van der Waals surface area contributed by atoms with Crippen molar-refractivity contribution in [1.29, 1.82) is 0 Å². The van der Waals surface area contributed by atoms with Gasteiger partial charge >= 0.3 is 5.97 Å². The van der Waals surface area contributed by atoms with Gasteiger partial charge in [-0.15, -0.1) is 0 Å². The van der Waals surface area contributed by atoms with Crippen molar-refractivity contribution in [2.24, 2.45) is 0 Å². The number of nitrogens with zero attached hydrogens (tertiary/aromatic N) is 1. The summed E-state index contributed by atoms with van der Waals surface area (Å²) in [7, 11) is 1.68. The molecule has 0 atom stereocenters. The van der Waals surface area contributed by atoms with Gasteiger partial charge in [0.2, 0.25) is 11.8 Å². The second-order valence-electron chi connectivity index (χ2n) is 6.49.